The second-order valence-electron chi connectivity index (χ2n) is 2.95. The van der Waals surface area contributed by atoms with Gasteiger partial charge in [-0.25, -0.2) is 0 Å². The molecule has 0 bridgehead atoms. The van der Waals surface area contributed by atoms with Gasteiger partial charge in [0.2, 0.25) is 0 Å². The third-order valence-corrected chi connectivity index (χ3v) is 2.92. The fourth-order valence-electron chi connectivity index (χ4n) is 1.09. The first-order valence-electron chi connectivity index (χ1n) is 3.89. The number of hydrogen-bond acceptors (Lipinski definition) is 3. The zero-order chi connectivity index (χ0) is 9.90. The van der Waals surface area contributed by atoms with Crippen LogP contribution in [-0.4, -0.2) is 23.4 Å². The van der Waals surface area contributed by atoms with E-state index in [-0.39, 0.29) is 13.2 Å². The lowest BCUT2D eigenvalue weighted by atomic mass is 9.93. The highest BCUT2D eigenvalue weighted by Gasteiger charge is 2.27. The van der Waals surface area contributed by atoms with E-state index in [4.69, 9.17) is 15.9 Å². The Morgan fingerprint density at radius 2 is 1.77 bits per heavy atom. The Bertz CT molecular complexity index is 287. The van der Waals surface area contributed by atoms with E-state index in [9.17, 15) is 0 Å². The summed E-state index contributed by atoms with van der Waals surface area (Å²) in [5.74, 6) is 0. The Hall–Kier alpha value is -0.170. The summed E-state index contributed by atoms with van der Waals surface area (Å²) >= 11 is 2.13. The van der Waals surface area contributed by atoms with Crippen LogP contribution in [0.3, 0.4) is 0 Å². The predicted molar refractivity (Wildman–Crippen MR) is 59.2 cm³/mol. The molecule has 4 heteroatoms. The van der Waals surface area contributed by atoms with Crippen LogP contribution in [0.25, 0.3) is 0 Å². The van der Waals surface area contributed by atoms with E-state index in [1.165, 1.54) is 0 Å². The van der Waals surface area contributed by atoms with Crippen molar-refractivity contribution in [3.63, 3.8) is 0 Å². The molecule has 0 spiro atoms. The van der Waals surface area contributed by atoms with Gasteiger partial charge >= 0.3 is 0 Å². The summed E-state index contributed by atoms with van der Waals surface area (Å²) in [4.78, 5) is 0. The van der Waals surface area contributed by atoms with Gasteiger partial charge in [0, 0.05) is 3.57 Å². The molecule has 0 heterocycles. The quantitative estimate of drug-likeness (QED) is 0.708. The summed E-state index contributed by atoms with van der Waals surface area (Å²) in [5, 5.41) is 18.1. The summed E-state index contributed by atoms with van der Waals surface area (Å²) < 4.78 is 0.950. The molecule has 0 saturated heterocycles. The fraction of sp³-hybridized carbons (Fsp3) is 0.333. The second kappa shape index (κ2) is 4.36. The van der Waals surface area contributed by atoms with E-state index in [1.54, 1.807) is 0 Å². The number of benzene rings is 1. The number of rotatable bonds is 3. The first-order valence-corrected chi connectivity index (χ1v) is 4.97. The topological polar surface area (TPSA) is 66.5 Å². The second-order valence-corrected chi connectivity index (χ2v) is 4.11. The molecule has 0 saturated carbocycles. The molecule has 13 heavy (non-hydrogen) atoms. The SMILES string of the molecule is NC(CO)(CO)c1ccccc1I. The smallest absolute Gasteiger partial charge is 0.0888 e. The summed E-state index contributed by atoms with van der Waals surface area (Å²) in [6.45, 7) is -0.521. The summed E-state index contributed by atoms with van der Waals surface area (Å²) in [5.41, 5.74) is 5.56. The predicted octanol–water partition coefficient (Wildman–Crippen LogP) is 0.430. The van der Waals surface area contributed by atoms with Crippen LogP contribution >= 0.6 is 22.6 Å². The monoisotopic (exact) mass is 293 g/mol. The maximum Gasteiger partial charge on any atom is 0.0888 e. The van der Waals surface area contributed by atoms with E-state index in [1.807, 2.05) is 24.3 Å². The van der Waals surface area contributed by atoms with Crippen molar-refractivity contribution in [1.82, 2.24) is 0 Å². The molecule has 0 atom stereocenters. The summed E-state index contributed by atoms with van der Waals surface area (Å²) in [6, 6.07) is 7.43. The third kappa shape index (κ3) is 2.19. The van der Waals surface area contributed by atoms with Gasteiger partial charge in [-0.3, -0.25) is 0 Å². The van der Waals surface area contributed by atoms with Crippen LogP contribution in [-0.2, 0) is 5.54 Å². The van der Waals surface area contributed by atoms with Crippen LogP contribution in [0, 0.1) is 3.57 Å². The molecule has 3 nitrogen and oxygen atoms in total. The van der Waals surface area contributed by atoms with Crippen LogP contribution in [0.15, 0.2) is 24.3 Å². The molecule has 0 amide bonds. The Kier molecular flexibility index (Phi) is 3.66. The Morgan fingerprint density at radius 3 is 2.23 bits per heavy atom. The van der Waals surface area contributed by atoms with Crippen molar-refractivity contribution in [2.45, 2.75) is 5.54 Å². The van der Waals surface area contributed by atoms with Gasteiger partial charge in [0.1, 0.15) is 0 Å². The highest BCUT2D eigenvalue weighted by atomic mass is 127. The van der Waals surface area contributed by atoms with Crippen molar-refractivity contribution < 1.29 is 10.2 Å². The highest BCUT2D eigenvalue weighted by molar-refractivity contribution is 14.1. The summed E-state index contributed by atoms with van der Waals surface area (Å²) in [7, 11) is 0. The zero-order valence-electron chi connectivity index (χ0n) is 7.07. The standard InChI is InChI=1S/C9H12INO2/c10-8-4-2-1-3-7(8)9(11,5-12)6-13/h1-4,12-13H,5-6,11H2. The lowest BCUT2D eigenvalue weighted by Crippen LogP contribution is -2.44. The van der Waals surface area contributed by atoms with E-state index in [0.717, 1.165) is 9.13 Å². The Labute approximate surface area is 90.7 Å². The minimum absolute atomic E-state index is 0.260. The van der Waals surface area contributed by atoms with Gasteiger partial charge in [0.25, 0.3) is 0 Å². The van der Waals surface area contributed by atoms with E-state index < -0.39 is 5.54 Å². The lowest BCUT2D eigenvalue weighted by molar-refractivity contribution is 0.120. The minimum atomic E-state index is -1.03. The molecular formula is C9H12INO2. The van der Waals surface area contributed by atoms with Gasteiger partial charge in [-0.1, -0.05) is 18.2 Å². The Morgan fingerprint density at radius 1 is 1.23 bits per heavy atom. The van der Waals surface area contributed by atoms with Crippen molar-refractivity contribution in [2.75, 3.05) is 13.2 Å². The van der Waals surface area contributed by atoms with Crippen molar-refractivity contribution >= 4 is 22.6 Å². The molecule has 0 aliphatic carbocycles. The van der Waals surface area contributed by atoms with Crippen molar-refractivity contribution in [3.05, 3.63) is 33.4 Å². The molecule has 4 N–H and O–H groups in total. The maximum atomic E-state index is 9.07. The largest absolute Gasteiger partial charge is 0.394 e. The fourth-order valence-corrected chi connectivity index (χ4v) is 2.01. The molecule has 0 aliphatic heterocycles. The van der Waals surface area contributed by atoms with Crippen LogP contribution in [0.4, 0.5) is 0 Å². The van der Waals surface area contributed by atoms with Crippen LogP contribution in [0.2, 0.25) is 0 Å². The number of nitrogens with two attached hydrogens (primary N) is 1. The Balaban J connectivity index is 3.12. The molecule has 0 aromatic heterocycles. The minimum Gasteiger partial charge on any atom is -0.394 e. The molecule has 1 rings (SSSR count). The molecule has 0 aliphatic rings. The molecule has 0 fully saturated rings. The lowest BCUT2D eigenvalue weighted by Gasteiger charge is -2.26. The summed E-state index contributed by atoms with van der Waals surface area (Å²) in [6.07, 6.45) is 0. The van der Waals surface area contributed by atoms with Crippen LogP contribution < -0.4 is 5.73 Å². The van der Waals surface area contributed by atoms with Crippen LogP contribution in [0.1, 0.15) is 5.56 Å². The van der Waals surface area contributed by atoms with Gasteiger partial charge in [0.05, 0.1) is 18.8 Å². The van der Waals surface area contributed by atoms with Gasteiger partial charge in [0.15, 0.2) is 0 Å². The van der Waals surface area contributed by atoms with Gasteiger partial charge in [-0.2, -0.15) is 0 Å². The van der Waals surface area contributed by atoms with Gasteiger partial charge < -0.3 is 15.9 Å². The van der Waals surface area contributed by atoms with Gasteiger partial charge in [-0.05, 0) is 34.2 Å². The molecule has 0 unspecified atom stereocenters. The molecular weight excluding hydrogens is 281 g/mol. The number of hydrogen-bond donors (Lipinski definition) is 3. The maximum absolute atomic E-state index is 9.07. The van der Waals surface area contributed by atoms with E-state index >= 15 is 0 Å². The number of aliphatic hydroxyl groups excluding tert-OH is 2. The molecule has 0 radical (unpaired) electrons. The third-order valence-electron chi connectivity index (χ3n) is 1.97. The zero-order valence-corrected chi connectivity index (χ0v) is 9.23. The first kappa shape index (κ1) is 10.9. The van der Waals surface area contributed by atoms with Crippen LogP contribution in [0.5, 0.6) is 0 Å². The first-order chi connectivity index (χ1) is 6.14. The van der Waals surface area contributed by atoms with E-state index in [2.05, 4.69) is 22.6 Å². The molecule has 72 valence electrons. The molecule has 1 aromatic rings. The normalized spacial score (nSPS) is 11.7. The number of halogens is 1. The van der Waals surface area contributed by atoms with Crippen molar-refractivity contribution in [1.29, 1.82) is 0 Å². The van der Waals surface area contributed by atoms with Crippen molar-refractivity contribution in [3.8, 4) is 0 Å². The van der Waals surface area contributed by atoms with E-state index in [0.29, 0.717) is 0 Å². The van der Waals surface area contributed by atoms with Crippen molar-refractivity contribution in [2.24, 2.45) is 5.73 Å². The average Bonchev–Trinajstić information content (AvgIpc) is 2.17. The average molecular weight is 293 g/mol. The van der Waals surface area contributed by atoms with Gasteiger partial charge in [-0.15, -0.1) is 0 Å². The number of aliphatic hydroxyl groups is 2. The highest BCUT2D eigenvalue weighted by Crippen LogP contribution is 2.22. The molecule has 1 aromatic carbocycles.